The van der Waals surface area contributed by atoms with Gasteiger partial charge in [-0.05, 0) is 38.5 Å². The number of hydrogen-bond acceptors (Lipinski definition) is 2. The molecule has 2 amide bonds. The molecule has 2 N–H and O–H groups in total. The highest BCUT2D eigenvalue weighted by atomic mass is 79.9. The first-order valence-electron chi connectivity index (χ1n) is 6.05. The molecule has 0 aromatic heterocycles. The summed E-state index contributed by atoms with van der Waals surface area (Å²) in [6.45, 7) is 5.75. The molecule has 0 heterocycles. The lowest BCUT2D eigenvalue weighted by Crippen LogP contribution is -2.43. The average molecular weight is 327 g/mol. The van der Waals surface area contributed by atoms with Gasteiger partial charge in [0.25, 0.3) is 5.91 Å². The van der Waals surface area contributed by atoms with Gasteiger partial charge in [-0.2, -0.15) is 0 Å². The molecule has 0 aliphatic heterocycles. The molecule has 0 saturated heterocycles. The Balaban J connectivity index is 2.76. The van der Waals surface area contributed by atoms with E-state index >= 15 is 0 Å². The highest BCUT2D eigenvalue weighted by molar-refractivity contribution is 9.10. The van der Waals surface area contributed by atoms with Crippen LogP contribution in [0.1, 0.15) is 29.8 Å². The van der Waals surface area contributed by atoms with Crippen molar-refractivity contribution in [2.24, 2.45) is 5.41 Å². The molecule has 104 valence electrons. The smallest absolute Gasteiger partial charge is 0.251 e. The van der Waals surface area contributed by atoms with E-state index in [9.17, 15) is 9.59 Å². The lowest BCUT2D eigenvalue weighted by Gasteiger charge is -2.23. The van der Waals surface area contributed by atoms with Crippen molar-refractivity contribution in [3.05, 3.63) is 33.8 Å². The van der Waals surface area contributed by atoms with Gasteiger partial charge in [-0.15, -0.1) is 0 Å². The first-order valence-corrected chi connectivity index (χ1v) is 6.84. The first-order chi connectivity index (χ1) is 8.79. The van der Waals surface area contributed by atoms with E-state index in [0.717, 1.165) is 10.0 Å². The van der Waals surface area contributed by atoms with Crippen molar-refractivity contribution in [2.45, 2.75) is 20.8 Å². The van der Waals surface area contributed by atoms with Gasteiger partial charge < -0.3 is 10.6 Å². The molecule has 0 saturated carbocycles. The topological polar surface area (TPSA) is 58.2 Å². The van der Waals surface area contributed by atoms with Crippen molar-refractivity contribution < 1.29 is 9.59 Å². The summed E-state index contributed by atoms with van der Waals surface area (Å²) in [5.41, 5.74) is 0.865. The van der Waals surface area contributed by atoms with Gasteiger partial charge in [-0.3, -0.25) is 9.59 Å². The number of benzene rings is 1. The minimum atomic E-state index is -0.635. The average Bonchev–Trinajstić information content (AvgIpc) is 2.38. The number of carbonyl (C=O) groups is 2. The third kappa shape index (κ3) is 3.80. The van der Waals surface area contributed by atoms with Crippen molar-refractivity contribution in [3.8, 4) is 0 Å². The number of amides is 2. The maximum atomic E-state index is 12.1. The second-order valence-electron chi connectivity index (χ2n) is 5.06. The second-order valence-corrected chi connectivity index (χ2v) is 5.91. The summed E-state index contributed by atoms with van der Waals surface area (Å²) in [5.74, 6) is -0.269. The van der Waals surface area contributed by atoms with E-state index in [4.69, 9.17) is 0 Å². The van der Waals surface area contributed by atoms with Crippen LogP contribution in [0.4, 0.5) is 0 Å². The molecule has 0 fully saturated rings. The monoisotopic (exact) mass is 326 g/mol. The van der Waals surface area contributed by atoms with Crippen LogP contribution >= 0.6 is 15.9 Å². The number of rotatable bonds is 4. The fourth-order valence-electron chi connectivity index (χ4n) is 1.67. The van der Waals surface area contributed by atoms with E-state index in [-0.39, 0.29) is 18.4 Å². The van der Waals surface area contributed by atoms with Crippen molar-refractivity contribution in [3.63, 3.8) is 0 Å². The van der Waals surface area contributed by atoms with Crippen molar-refractivity contribution >= 4 is 27.7 Å². The summed E-state index contributed by atoms with van der Waals surface area (Å²) in [4.78, 5) is 23.7. The zero-order chi connectivity index (χ0) is 14.6. The van der Waals surface area contributed by atoms with Gasteiger partial charge in [0.2, 0.25) is 5.91 Å². The molecule has 0 radical (unpaired) electrons. The van der Waals surface area contributed by atoms with Crippen LogP contribution in [-0.2, 0) is 4.79 Å². The zero-order valence-corrected chi connectivity index (χ0v) is 13.2. The summed E-state index contributed by atoms with van der Waals surface area (Å²) in [5, 5.41) is 5.39. The molecule has 0 aliphatic carbocycles. The Morgan fingerprint density at radius 1 is 1.32 bits per heavy atom. The highest BCUT2D eigenvalue weighted by Crippen LogP contribution is 2.20. The van der Waals surface area contributed by atoms with Crippen LogP contribution in [0.2, 0.25) is 0 Å². The normalized spacial score (nSPS) is 11.0. The Morgan fingerprint density at radius 3 is 2.53 bits per heavy atom. The summed E-state index contributed by atoms with van der Waals surface area (Å²) >= 11 is 3.40. The predicted octanol–water partition coefficient (Wildman–Crippen LogP) is 2.26. The Morgan fingerprint density at radius 2 is 1.95 bits per heavy atom. The molecule has 1 aromatic carbocycles. The summed E-state index contributed by atoms with van der Waals surface area (Å²) in [6, 6.07) is 5.47. The molecule has 1 aromatic rings. The SMILES string of the molecule is CNC(=O)C(C)(C)CNC(=O)c1cccc(Br)c1C. The van der Waals surface area contributed by atoms with Crippen LogP contribution in [0, 0.1) is 12.3 Å². The Kier molecular flexibility index (Phi) is 5.11. The molecule has 4 nitrogen and oxygen atoms in total. The van der Waals surface area contributed by atoms with Gasteiger partial charge in [0.05, 0.1) is 5.41 Å². The van der Waals surface area contributed by atoms with E-state index in [1.54, 1.807) is 27.0 Å². The van der Waals surface area contributed by atoms with E-state index in [1.165, 1.54) is 0 Å². The molecule has 0 atom stereocenters. The minimum absolute atomic E-state index is 0.0984. The van der Waals surface area contributed by atoms with Crippen LogP contribution in [0.3, 0.4) is 0 Å². The van der Waals surface area contributed by atoms with Gasteiger partial charge in [-0.1, -0.05) is 22.0 Å². The molecule has 1 rings (SSSR count). The number of halogens is 1. The van der Waals surface area contributed by atoms with E-state index < -0.39 is 5.41 Å². The molecule has 5 heteroatoms. The van der Waals surface area contributed by atoms with E-state index in [2.05, 4.69) is 26.6 Å². The van der Waals surface area contributed by atoms with E-state index in [1.807, 2.05) is 19.1 Å². The standard InChI is InChI=1S/C14H19BrN2O2/c1-9-10(6-5-7-11(9)15)12(18)17-8-14(2,3)13(19)16-4/h5-7H,8H2,1-4H3,(H,16,19)(H,17,18). The van der Waals surface area contributed by atoms with Gasteiger partial charge in [0, 0.05) is 23.6 Å². The van der Waals surface area contributed by atoms with Crippen LogP contribution in [0.5, 0.6) is 0 Å². The number of carbonyl (C=O) groups excluding carboxylic acids is 2. The van der Waals surface area contributed by atoms with Crippen LogP contribution in [0.15, 0.2) is 22.7 Å². The molecule has 0 aliphatic rings. The van der Waals surface area contributed by atoms with Crippen LogP contribution < -0.4 is 10.6 Å². The van der Waals surface area contributed by atoms with Gasteiger partial charge >= 0.3 is 0 Å². The molecular formula is C14H19BrN2O2. The Hall–Kier alpha value is -1.36. The Bertz CT molecular complexity index is 498. The highest BCUT2D eigenvalue weighted by Gasteiger charge is 2.27. The molecule has 0 bridgehead atoms. The summed E-state index contributed by atoms with van der Waals surface area (Å²) in [6.07, 6.45) is 0. The summed E-state index contributed by atoms with van der Waals surface area (Å²) in [7, 11) is 1.59. The van der Waals surface area contributed by atoms with Crippen molar-refractivity contribution in [1.82, 2.24) is 10.6 Å². The van der Waals surface area contributed by atoms with Crippen LogP contribution in [0.25, 0.3) is 0 Å². The third-order valence-corrected chi connectivity index (χ3v) is 3.90. The van der Waals surface area contributed by atoms with Crippen molar-refractivity contribution in [2.75, 3.05) is 13.6 Å². The largest absolute Gasteiger partial charge is 0.359 e. The van der Waals surface area contributed by atoms with E-state index in [0.29, 0.717) is 5.56 Å². The molecule has 0 unspecified atom stereocenters. The molecule has 19 heavy (non-hydrogen) atoms. The third-order valence-electron chi connectivity index (χ3n) is 3.04. The van der Waals surface area contributed by atoms with Crippen LogP contribution in [-0.4, -0.2) is 25.4 Å². The second kappa shape index (κ2) is 6.19. The molecule has 0 spiro atoms. The summed E-state index contributed by atoms with van der Waals surface area (Å²) < 4.78 is 0.894. The maximum absolute atomic E-state index is 12.1. The van der Waals surface area contributed by atoms with Crippen molar-refractivity contribution in [1.29, 1.82) is 0 Å². The Labute approximate surface area is 122 Å². The fraction of sp³-hybridized carbons (Fsp3) is 0.429. The lowest BCUT2D eigenvalue weighted by atomic mass is 9.92. The predicted molar refractivity (Wildman–Crippen MR) is 79.1 cm³/mol. The maximum Gasteiger partial charge on any atom is 0.251 e. The zero-order valence-electron chi connectivity index (χ0n) is 11.6. The molecular weight excluding hydrogens is 308 g/mol. The van der Waals surface area contributed by atoms with Gasteiger partial charge in [0.15, 0.2) is 0 Å². The minimum Gasteiger partial charge on any atom is -0.359 e. The number of nitrogens with one attached hydrogen (secondary N) is 2. The number of hydrogen-bond donors (Lipinski definition) is 2. The van der Waals surface area contributed by atoms with Gasteiger partial charge in [0.1, 0.15) is 0 Å². The first kappa shape index (κ1) is 15.7. The fourth-order valence-corrected chi connectivity index (χ4v) is 2.03. The van der Waals surface area contributed by atoms with Gasteiger partial charge in [-0.25, -0.2) is 0 Å². The quantitative estimate of drug-likeness (QED) is 0.891. The lowest BCUT2D eigenvalue weighted by molar-refractivity contribution is -0.128.